The Kier molecular flexibility index (Phi) is 5.69. The van der Waals surface area contributed by atoms with Gasteiger partial charge in [-0.3, -0.25) is 0 Å². The predicted octanol–water partition coefficient (Wildman–Crippen LogP) is 6.03. The zero-order valence-electron chi connectivity index (χ0n) is 18.2. The van der Waals surface area contributed by atoms with Crippen LogP contribution in [0.15, 0.2) is 121 Å². The summed E-state index contributed by atoms with van der Waals surface area (Å²) in [5.41, 5.74) is 1.51. The molecule has 0 aliphatic heterocycles. The number of hydrogen-bond donors (Lipinski definition) is 0. The molecule has 4 aromatic carbocycles. The van der Waals surface area contributed by atoms with Crippen LogP contribution in [0.25, 0.3) is 0 Å². The molecule has 2 bridgehead atoms. The van der Waals surface area contributed by atoms with Gasteiger partial charge in [0.2, 0.25) is 0 Å². The summed E-state index contributed by atoms with van der Waals surface area (Å²) in [4.78, 5) is 0. The van der Waals surface area contributed by atoms with E-state index in [1.54, 1.807) is 21.2 Å². The monoisotopic (exact) mass is 450 g/mol. The second-order valence-electron chi connectivity index (χ2n) is 9.05. The molecular weight excluding hydrogens is 422 g/mol. The van der Waals surface area contributed by atoms with Crippen molar-refractivity contribution in [1.29, 1.82) is 0 Å². The average molecular weight is 451 g/mol. The Morgan fingerprint density at radius 1 is 0.375 bits per heavy atom. The Bertz CT molecular complexity index is 967. The first kappa shape index (κ1) is 20.4. The molecule has 0 nitrogen and oxygen atoms in total. The van der Waals surface area contributed by atoms with Gasteiger partial charge in [0.25, 0.3) is 0 Å². The maximum absolute atomic E-state index is 2.39. The zero-order chi connectivity index (χ0) is 21.3. The van der Waals surface area contributed by atoms with Crippen molar-refractivity contribution in [3.63, 3.8) is 0 Å². The maximum atomic E-state index is 2.39. The lowest BCUT2D eigenvalue weighted by molar-refractivity contribution is 0.307. The van der Waals surface area contributed by atoms with Gasteiger partial charge in [-0.15, -0.1) is 0 Å². The van der Waals surface area contributed by atoms with Crippen LogP contribution in [0.4, 0.5) is 0 Å². The van der Waals surface area contributed by atoms with Gasteiger partial charge in [-0.25, -0.2) is 0 Å². The van der Waals surface area contributed by atoms with Crippen molar-refractivity contribution in [2.75, 3.05) is 0 Å². The second kappa shape index (κ2) is 8.94. The van der Waals surface area contributed by atoms with Crippen molar-refractivity contribution in [2.45, 2.75) is 24.2 Å². The Hall–Kier alpha value is -2.26. The number of hydrogen-bond acceptors (Lipinski definition) is 0. The van der Waals surface area contributed by atoms with Crippen molar-refractivity contribution in [3.8, 4) is 0 Å². The molecule has 0 saturated heterocycles. The van der Waals surface area contributed by atoms with Crippen LogP contribution < -0.4 is 21.2 Å². The lowest BCUT2D eigenvalue weighted by atomic mass is 9.85. The first-order chi connectivity index (χ1) is 15.9. The van der Waals surface area contributed by atoms with E-state index in [0.29, 0.717) is 0 Å². The molecule has 32 heavy (non-hydrogen) atoms. The molecule has 0 N–H and O–H groups in total. The van der Waals surface area contributed by atoms with Gasteiger partial charge in [-0.2, -0.15) is 0 Å². The highest BCUT2D eigenvalue weighted by Crippen LogP contribution is 2.68. The van der Waals surface area contributed by atoms with E-state index in [-0.39, 0.29) is 15.8 Å². The van der Waals surface area contributed by atoms with E-state index in [0.717, 1.165) is 23.2 Å². The summed E-state index contributed by atoms with van der Waals surface area (Å²) in [6, 6.07) is 45.6. The molecule has 2 heteroatoms. The molecule has 0 spiro atoms. The van der Waals surface area contributed by atoms with Crippen LogP contribution in [-0.4, -0.2) is 11.3 Å². The molecule has 0 heterocycles. The van der Waals surface area contributed by atoms with Crippen LogP contribution in [-0.2, 0) is 0 Å². The molecule has 0 amide bonds. The van der Waals surface area contributed by atoms with Gasteiger partial charge in [0.05, 0.1) is 0 Å². The van der Waals surface area contributed by atoms with Crippen LogP contribution in [0.2, 0.25) is 0 Å². The third-order valence-electron chi connectivity index (χ3n) is 7.26. The van der Waals surface area contributed by atoms with Crippen LogP contribution in [0.5, 0.6) is 0 Å². The molecule has 158 valence electrons. The summed E-state index contributed by atoms with van der Waals surface area (Å²) >= 11 is 0. The minimum Gasteiger partial charge on any atom is -0.0622 e. The second-order valence-corrected chi connectivity index (χ2v) is 13.8. The zero-order valence-corrected chi connectivity index (χ0v) is 20.0. The maximum Gasteiger partial charge on any atom is -0.00239 e. The lowest BCUT2D eigenvalue weighted by Gasteiger charge is -2.35. The molecule has 0 unspecified atom stereocenters. The summed E-state index contributed by atoms with van der Waals surface area (Å²) in [7, 11) is -0.772. The fraction of sp³-hybridized carbons (Fsp3) is 0.200. The third-order valence-corrected chi connectivity index (χ3v) is 13.6. The van der Waals surface area contributed by atoms with Gasteiger partial charge in [-0.1, -0.05) is 121 Å². The van der Waals surface area contributed by atoms with E-state index in [2.05, 4.69) is 121 Å². The van der Waals surface area contributed by atoms with Crippen molar-refractivity contribution in [1.82, 2.24) is 0 Å². The Morgan fingerprint density at radius 3 is 0.875 bits per heavy atom. The van der Waals surface area contributed by atoms with Gasteiger partial charge in [0.15, 0.2) is 0 Å². The standard InChI is InChI=1S/C30H28P2/c1-5-13-25(14-6-1)31(26-15-7-2-8-16-26)29-23-21-24(22-23)30(29)32(27-17-9-3-10-18-27)28-19-11-4-12-20-28/h1-20,23-24,29-30H,21-22H2/t23?,24?,29-,30-/m0/s1. The fourth-order valence-corrected chi connectivity index (χ4v) is 13.1. The Balaban J connectivity index is 1.49. The molecule has 3 fully saturated rings. The highest BCUT2D eigenvalue weighted by atomic mass is 31.1. The highest BCUT2D eigenvalue weighted by Gasteiger charge is 2.57. The van der Waals surface area contributed by atoms with Gasteiger partial charge in [-0.05, 0) is 73.1 Å². The van der Waals surface area contributed by atoms with Crippen LogP contribution >= 0.6 is 15.8 Å². The average Bonchev–Trinajstić information content (AvgIpc) is 3.37. The van der Waals surface area contributed by atoms with Crippen LogP contribution in [0.3, 0.4) is 0 Å². The van der Waals surface area contributed by atoms with E-state index in [4.69, 9.17) is 0 Å². The summed E-state index contributed by atoms with van der Waals surface area (Å²) in [6.07, 6.45) is 2.85. The van der Waals surface area contributed by atoms with Crippen molar-refractivity contribution >= 4 is 37.1 Å². The molecule has 3 aliphatic rings. The first-order valence-corrected chi connectivity index (χ1v) is 14.5. The fourth-order valence-electron chi connectivity index (χ4n) is 5.89. The molecule has 7 rings (SSSR count). The molecule has 2 atom stereocenters. The predicted molar refractivity (Wildman–Crippen MR) is 142 cm³/mol. The Morgan fingerprint density at radius 2 is 0.625 bits per heavy atom. The van der Waals surface area contributed by atoms with Crippen molar-refractivity contribution in [2.24, 2.45) is 11.8 Å². The largest absolute Gasteiger partial charge is 0.0622 e. The highest BCUT2D eigenvalue weighted by molar-refractivity contribution is 7.77. The van der Waals surface area contributed by atoms with Crippen LogP contribution in [0.1, 0.15) is 12.8 Å². The Labute approximate surface area is 194 Å². The lowest BCUT2D eigenvalue weighted by Crippen LogP contribution is -2.32. The van der Waals surface area contributed by atoms with Crippen molar-refractivity contribution in [3.05, 3.63) is 121 Å². The van der Waals surface area contributed by atoms with E-state index in [1.807, 2.05) is 0 Å². The molecule has 3 aliphatic carbocycles. The topological polar surface area (TPSA) is 0 Å². The van der Waals surface area contributed by atoms with E-state index < -0.39 is 0 Å². The van der Waals surface area contributed by atoms with E-state index in [9.17, 15) is 0 Å². The first-order valence-electron chi connectivity index (χ1n) is 11.7. The third kappa shape index (κ3) is 3.65. The normalized spacial score (nSPS) is 23.9. The molecule has 0 radical (unpaired) electrons. The van der Waals surface area contributed by atoms with Gasteiger partial charge >= 0.3 is 0 Å². The summed E-state index contributed by atoms with van der Waals surface area (Å²) in [6.45, 7) is 0. The quantitative estimate of drug-likeness (QED) is 0.315. The number of fused-ring (bicyclic) bond motifs is 1. The van der Waals surface area contributed by atoms with Crippen molar-refractivity contribution < 1.29 is 0 Å². The minimum absolute atomic E-state index is 0.386. The molecule has 4 aromatic rings. The van der Waals surface area contributed by atoms with Crippen LogP contribution in [0, 0.1) is 11.8 Å². The van der Waals surface area contributed by atoms with Gasteiger partial charge < -0.3 is 0 Å². The number of rotatable bonds is 6. The van der Waals surface area contributed by atoms with E-state index in [1.165, 1.54) is 12.8 Å². The van der Waals surface area contributed by atoms with E-state index >= 15 is 0 Å². The number of benzene rings is 4. The minimum atomic E-state index is -0.386. The summed E-state index contributed by atoms with van der Waals surface area (Å²) < 4.78 is 0. The summed E-state index contributed by atoms with van der Waals surface area (Å²) in [5, 5.41) is 6.19. The summed E-state index contributed by atoms with van der Waals surface area (Å²) in [5.74, 6) is 1.74. The molecular formula is C30H28P2. The smallest absolute Gasteiger partial charge is 0.00239 e. The van der Waals surface area contributed by atoms with Gasteiger partial charge in [0.1, 0.15) is 0 Å². The van der Waals surface area contributed by atoms with Gasteiger partial charge in [0, 0.05) is 0 Å². The molecule has 3 saturated carbocycles. The SMILES string of the molecule is c1ccc(P(c2ccccc2)[C@H]2C3CC(C3)[C@@H]2P(c2ccccc2)c2ccccc2)cc1. The molecule has 0 aromatic heterocycles.